The van der Waals surface area contributed by atoms with Crippen molar-refractivity contribution in [2.24, 2.45) is 5.92 Å². The van der Waals surface area contributed by atoms with Crippen LogP contribution in [0.2, 0.25) is 0 Å². The number of non-ortho nitro benzene ring substituents is 1. The molecule has 0 saturated heterocycles. The number of nitrogens with zero attached hydrogens (tertiary/aromatic N) is 4. The third-order valence-corrected chi connectivity index (χ3v) is 3.10. The molecule has 0 amide bonds. The molecule has 0 aliphatic heterocycles. The molecule has 6 heteroatoms. The number of nitro groups is 1. The molecule has 2 rings (SSSR count). The molecule has 6 nitrogen and oxygen atoms in total. The number of pyridine rings is 1. The van der Waals surface area contributed by atoms with Crippen molar-refractivity contribution in [1.29, 1.82) is 5.26 Å². The van der Waals surface area contributed by atoms with Gasteiger partial charge in [0.15, 0.2) is 0 Å². The summed E-state index contributed by atoms with van der Waals surface area (Å²) in [5, 5.41) is 20.4. The van der Waals surface area contributed by atoms with E-state index >= 15 is 0 Å². The summed E-state index contributed by atoms with van der Waals surface area (Å²) in [6.07, 6.45) is 1.61. The van der Waals surface area contributed by atoms with Crippen molar-refractivity contribution in [2.75, 3.05) is 18.5 Å². The Morgan fingerprint density at radius 1 is 1.50 bits per heavy atom. The molecule has 1 unspecified atom stereocenters. The molecule has 0 radical (unpaired) electrons. The topological polar surface area (TPSA) is 83.1 Å². The summed E-state index contributed by atoms with van der Waals surface area (Å²) in [6, 6.07) is 8.69. The van der Waals surface area contributed by atoms with E-state index in [1.807, 2.05) is 18.9 Å². The first kappa shape index (κ1) is 13.7. The minimum atomic E-state index is -0.411. The second-order valence-corrected chi connectivity index (χ2v) is 4.67. The van der Waals surface area contributed by atoms with Crippen LogP contribution < -0.4 is 4.90 Å². The Balaban J connectivity index is 2.54. The molecule has 2 aromatic rings. The van der Waals surface area contributed by atoms with Gasteiger partial charge in [0.25, 0.3) is 5.69 Å². The molecule has 1 aromatic heterocycles. The quantitative estimate of drug-likeness (QED) is 0.630. The lowest BCUT2D eigenvalue weighted by atomic mass is 10.1. The molecule has 0 aliphatic rings. The van der Waals surface area contributed by atoms with Crippen LogP contribution in [0.4, 0.5) is 11.4 Å². The van der Waals surface area contributed by atoms with E-state index in [0.29, 0.717) is 17.4 Å². The number of aromatic nitrogens is 1. The highest BCUT2D eigenvalue weighted by atomic mass is 16.6. The molecule has 102 valence electrons. The summed E-state index contributed by atoms with van der Waals surface area (Å²) in [5.41, 5.74) is 1.40. The number of anilines is 1. The number of nitriles is 1. The Morgan fingerprint density at radius 3 is 2.90 bits per heavy atom. The Labute approximate surface area is 116 Å². The molecule has 0 bridgehead atoms. The number of hydrogen-bond donors (Lipinski definition) is 0. The zero-order valence-corrected chi connectivity index (χ0v) is 11.3. The average Bonchev–Trinajstić information content (AvgIpc) is 2.45. The third kappa shape index (κ3) is 2.52. The van der Waals surface area contributed by atoms with Crippen molar-refractivity contribution in [2.45, 2.75) is 6.92 Å². The van der Waals surface area contributed by atoms with E-state index in [-0.39, 0.29) is 11.6 Å². The highest BCUT2D eigenvalue weighted by Gasteiger charge is 2.17. The highest BCUT2D eigenvalue weighted by molar-refractivity contribution is 5.96. The maximum Gasteiger partial charge on any atom is 0.278 e. The first-order chi connectivity index (χ1) is 9.54. The van der Waals surface area contributed by atoms with Gasteiger partial charge in [-0.2, -0.15) is 5.26 Å². The largest absolute Gasteiger partial charge is 0.372 e. The molecule has 1 atom stereocenters. The van der Waals surface area contributed by atoms with Crippen molar-refractivity contribution >= 4 is 22.3 Å². The lowest BCUT2D eigenvalue weighted by Crippen LogP contribution is -2.23. The zero-order valence-electron chi connectivity index (χ0n) is 11.3. The summed E-state index contributed by atoms with van der Waals surface area (Å²) in [6.45, 7) is 2.37. The predicted molar refractivity (Wildman–Crippen MR) is 76.4 cm³/mol. The van der Waals surface area contributed by atoms with Gasteiger partial charge in [-0.25, -0.2) is 0 Å². The van der Waals surface area contributed by atoms with Crippen molar-refractivity contribution in [3.63, 3.8) is 0 Å². The van der Waals surface area contributed by atoms with Gasteiger partial charge in [0.05, 0.1) is 28.0 Å². The predicted octanol–water partition coefficient (Wildman–Crippen LogP) is 2.74. The third-order valence-electron chi connectivity index (χ3n) is 3.10. The van der Waals surface area contributed by atoms with Crippen LogP contribution in [-0.4, -0.2) is 23.5 Å². The van der Waals surface area contributed by atoms with Gasteiger partial charge in [0.2, 0.25) is 0 Å². The fourth-order valence-corrected chi connectivity index (χ4v) is 2.16. The summed E-state index contributed by atoms with van der Waals surface area (Å²) >= 11 is 0. The first-order valence-electron chi connectivity index (χ1n) is 6.17. The van der Waals surface area contributed by atoms with Crippen molar-refractivity contribution in [1.82, 2.24) is 4.98 Å². The van der Waals surface area contributed by atoms with Gasteiger partial charge < -0.3 is 4.90 Å². The fraction of sp³-hybridized carbons (Fsp3) is 0.286. The van der Waals surface area contributed by atoms with Crippen molar-refractivity contribution in [3.8, 4) is 6.07 Å². The normalized spacial score (nSPS) is 11.8. The van der Waals surface area contributed by atoms with Crippen LogP contribution in [0.15, 0.2) is 30.5 Å². The van der Waals surface area contributed by atoms with Gasteiger partial charge in [-0.15, -0.1) is 0 Å². The van der Waals surface area contributed by atoms with Crippen molar-refractivity contribution < 1.29 is 4.92 Å². The molecule has 0 fully saturated rings. The SMILES string of the molecule is CC(C#N)CN(C)c1ccc([N+](=O)[O-])c2cccnc12. The molecule has 20 heavy (non-hydrogen) atoms. The minimum Gasteiger partial charge on any atom is -0.372 e. The zero-order chi connectivity index (χ0) is 14.7. The summed E-state index contributed by atoms with van der Waals surface area (Å²) in [7, 11) is 1.85. The smallest absolute Gasteiger partial charge is 0.278 e. The van der Waals surface area contributed by atoms with Gasteiger partial charge in [-0.05, 0) is 25.1 Å². The van der Waals surface area contributed by atoms with Gasteiger partial charge in [0, 0.05) is 25.9 Å². The van der Waals surface area contributed by atoms with Crippen LogP contribution >= 0.6 is 0 Å². The number of nitro benzene ring substituents is 1. The second kappa shape index (κ2) is 5.53. The maximum absolute atomic E-state index is 11.0. The Hall–Kier alpha value is -2.68. The number of hydrogen-bond acceptors (Lipinski definition) is 5. The number of fused-ring (bicyclic) bond motifs is 1. The van der Waals surface area contributed by atoms with Gasteiger partial charge in [-0.1, -0.05) is 0 Å². The van der Waals surface area contributed by atoms with E-state index in [1.165, 1.54) is 6.07 Å². The molecule has 0 spiro atoms. The molecule has 1 aromatic carbocycles. The molecule has 0 saturated carbocycles. The van der Waals surface area contributed by atoms with E-state index in [2.05, 4.69) is 11.1 Å². The molecular weight excluding hydrogens is 256 g/mol. The first-order valence-corrected chi connectivity index (χ1v) is 6.17. The monoisotopic (exact) mass is 270 g/mol. The maximum atomic E-state index is 11.0. The van der Waals surface area contributed by atoms with Crippen LogP contribution in [0.1, 0.15) is 6.92 Å². The molecule has 1 heterocycles. The lowest BCUT2D eigenvalue weighted by Gasteiger charge is -2.21. The van der Waals surface area contributed by atoms with Gasteiger partial charge in [-0.3, -0.25) is 15.1 Å². The van der Waals surface area contributed by atoms with E-state index in [0.717, 1.165) is 5.69 Å². The summed E-state index contributed by atoms with van der Waals surface area (Å²) in [5.74, 6) is -0.131. The van der Waals surface area contributed by atoms with E-state index in [1.54, 1.807) is 24.4 Å². The van der Waals surface area contributed by atoms with E-state index in [4.69, 9.17) is 5.26 Å². The minimum absolute atomic E-state index is 0.0404. The molecule has 0 aliphatic carbocycles. The van der Waals surface area contributed by atoms with Crippen LogP contribution in [0, 0.1) is 27.4 Å². The summed E-state index contributed by atoms with van der Waals surface area (Å²) < 4.78 is 0. The molecule has 0 N–H and O–H groups in total. The standard InChI is InChI=1S/C14H14N4O2/c1-10(8-15)9-17(2)13-6-5-12(18(19)20)11-4-3-7-16-14(11)13/h3-7,10H,9H2,1-2H3. The Morgan fingerprint density at radius 2 is 2.25 bits per heavy atom. The highest BCUT2D eigenvalue weighted by Crippen LogP contribution is 2.31. The van der Waals surface area contributed by atoms with Gasteiger partial charge in [0.1, 0.15) is 5.52 Å². The average molecular weight is 270 g/mol. The number of rotatable bonds is 4. The Bertz CT molecular complexity index is 693. The van der Waals surface area contributed by atoms with E-state index in [9.17, 15) is 10.1 Å². The lowest BCUT2D eigenvalue weighted by molar-refractivity contribution is -0.383. The molecular formula is C14H14N4O2. The van der Waals surface area contributed by atoms with Crippen LogP contribution in [0.25, 0.3) is 10.9 Å². The Kier molecular flexibility index (Phi) is 3.80. The second-order valence-electron chi connectivity index (χ2n) is 4.67. The number of benzene rings is 1. The summed E-state index contributed by atoms with van der Waals surface area (Å²) in [4.78, 5) is 16.8. The van der Waals surface area contributed by atoms with Crippen LogP contribution in [-0.2, 0) is 0 Å². The van der Waals surface area contributed by atoms with Crippen molar-refractivity contribution in [3.05, 3.63) is 40.6 Å². The van der Waals surface area contributed by atoms with E-state index < -0.39 is 4.92 Å². The van der Waals surface area contributed by atoms with Crippen LogP contribution in [0.3, 0.4) is 0 Å². The fourth-order valence-electron chi connectivity index (χ4n) is 2.16. The van der Waals surface area contributed by atoms with Gasteiger partial charge >= 0.3 is 0 Å². The van der Waals surface area contributed by atoms with Crippen LogP contribution in [0.5, 0.6) is 0 Å².